The van der Waals surface area contributed by atoms with Crippen LogP contribution < -0.4 is 14.8 Å². The molecule has 0 aliphatic heterocycles. The number of para-hydroxylation sites is 1. The lowest BCUT2D eigenvalue weighted by atomic mass is 9.49. The van der Waals surface area contributed by atoms with E-state index in [9.17, 15) is 9.59 Å². The van der Waals surface area contributed by atoms with Crippen molar-refractivity contribution in [2.75, 3.05) is 59.4 Å². The Morgan fingerprint density at radius 2 is 1.46 bits per heavy atom. The van der Waals surface area contributed by atoms with Crippen molar-refractivity contribution >= 4 is 23.0 Å². The van der Waals surface area contributed by atoms with E-state index in [2.05, 4.69) is 15.3 Å². The number of fused-ring (bicyclic) bond motifs is 1. The highest BCUT2D eigenvalue weighted by molar-refractivity contribution is 5.85. The van der Waals surface area contributed by atoms with Gasteiger partial charge in [0.2, 0.25) is 5.88 Å². The van der Waals surface area contributed by atoms with Crippen LogP contribution in [0, 0.1) is 34.5 Å². The molecule has 0 atom stereocenters. The van der Waals surface area contributed by atoms with Crippen molar-refractivity contribution in [2.24, 2.45) is 23.2 Å². The van der Waals surface area contributed by atoms with E-state index in [4.69, 9.17) is 33.7 Å². The van der Waals surface area contributed by atoms with Gasteiger partial charge in [0.15, 0.2) is 12.4 Å². The molecule has 0 spiro atoms. The number of aromatic nitrogens is 2. The van der Waals surface area contributed by atoms with Crippen molar-refractivity contribution in [3.05, 3.63) is 48.5 Å². The Bertz CT molecular complexity index is 1590. The number of hydrogen-bond donors (Lipinski definition) is 1. The third kappa shape index (κ3) is 9.82. The fourth-order valence-corrected chi connectivity index (χ4v) is 8.18. The fraction of sp³-hybridized carbons (Fsp3) is 0.553. The molecule has 266 valence electrons. The molecule has 12 heteroatoms. The Kier molecular flexibility index (Phi) is 12.3. The maximum Gasteiger partial charge on any atom is 0.407 e. The number of amides is 1. The van der Waals surface area contributed by atoms with Crippen LogP contribution in [0.2, 0.25) is 0 Å². The Labute approximate surface area is 292 Å². The molecule has 2 aromatic carbocycles. The van der Waals surface area contributed by atoms with Crippen molar-refractivity contribution in [3.63, 3.8) is 0 Å². The van der Waals surface area contributed by atoms with Gasteiger partial charge in [0.05, 0.1) is 50.4 Å². The first-order valence-electron chi connectivity index (χ1n) is 17.7. The molecule has 1 aromatic heterocycles. The number of benzene rings is 2. The monoisotopic (exact) mass is 686 g/mol. The zero-order valence-corrected chi connectivity index (χ0v) is 28.5. The fourth-order valence-electron chi connectivity index (χ4n) is 8.18. The van der Waals surface area contributed by atoms with Crippen LogP contribution in [0.15, 0.2) is 48.5 Å². The second-order valence-corrected chi connectivity index (χ2v) is 13.6. The van der Waals surface area contributed by atoms with E-state index < -0.39 is 6.09 Å². The molecule has 4 bridgehead atoms. The molecule has 7 rings (SSSR count). The molecule has 3 aromatic rings. The Morgan fingerprint density at radius 1 is 0.800 bits per heavy atom. The number of alkyl carbamates (subject to hydrolysis) is 1. The summed E-state index contributed by atoms with van der Waals surface area (Å²) in [5.41, 5.74) is 1.72. The third-order valence-corrected chi connectivity index (χ3v) is 9.82. The average molecular weight is 687 g/mol. The Morgan fingerprint density at radius 3 is 2.16 bits per heavy atom. The van der Waals surface area contributed by atoms with Gasteiger partial charge in [0, 0.05) is 12.1 Å². The van der Waals surface area contributed by atoms with Crippen molar-refractivity contribution in [2.45, 2.75) is 51.4 Å². The maximum atomic E-state index is 12.5. The van der Waals surface area contributed by atoms with Gasteiger partial charge in [-0.25, -0.2) is 9.78 Å². The summed E-state index contributed by atoms with van der Waals surface area (Å²) in [6, 6.07) is 16.7. The standard InChI is InChI=1S/C38H46N4O8/c39-10-13-47-31-8-6-30(7-9-31)35-41-33-5-2-1-4-32(33)36(42-35)49-12-3-11-40-37(44)50-19-17-46-15-14-45-16-18-48-34(43)26-38-23-27-20-28(24-38)22-29(21-27)25-38/h1-2,4-9,27-29H,3,11-26H2,(H,40,44). The number of carbonyl (C=O) groups excluding carboxylic acids is 2. The molecule has 0 radical (unpaired) electrons. The molecular weight excluding hydrogens is 640 g/mol. The molecule has 1 amide bonds. The number of ether oxygens (including phenoxy) is 6. The average Bonchev–Trinajstić information content (AvgIpc) is 3.10. The molecular formula is C38H46N4O8. The highest BCUT2D eigenvalue weighted by Crippen LogP contribution is 2.61. The van der Waals surface area contributed by atoms with E-state index in [1.54, 1.807) is 12.1 Å². The van der Waals surface area contributed by atoms with Crippen molar-refractivity contribution in [1.82, 2.24) is 15.3 Å². The number of esters is 1. The molecule has 0 unspecified atom stereocenters. The minimum atomic E-state index is -0.530. The number of rotatable bonds is 19. The highest BCUT2D eigenvalue weighted by atomic mass is 16.6. The Hall–Kier alpha value is -4.47. The van der Waals surface area contributed by atoms with Crippen molar-refractivity contribution in [1.29, 1.82) is 5.26 Å². The lowest BCUT2D eigenvalue weighted by Crippen LogP contribution is -2.47. The quantitative estimate of drug-likeness (QED) is 0.119. The lowest BCUT2D eigenvalue weighted by Gasteiger charge is -2.56. The largest absolute Gasteiger partial charge is 0.479 e. The van der Waals surface area contributed by atoms with Gasteiger partial charge in [-0.1, -0.05) is 12.1 Å². The second-order valence-electron chi connectivity index (χ2n) is 13.6. The van der Waals surface area contributed by atoms with Crippen LogP contribution in [0.5, 0.6) is 11.6 Å². The maximum absolute atomic E-state index is 12.5. The molecule has 0 saturated heterocycles. The number of hydrogen-bond acceptors (Lipinski definition) is 11. The molecule has 12 nitrogen and oxygen atoms in total. The first-order chi connectivity index (χ1) is 24.5. The molecule has 4 saturated carbocycles. The van der Waals surface area contributed by atoms with Crippen LogP contribution >= 0.6 is 0 Å². The van der Waals surface area contributed by atoms with Gasteiger partial charge < -0.3 is 33.7 Å². The normalized spacial score (nSPS) is 21.8. The van der Waals surface area contributed by atoms with E-state index in [0.717, 1.165) is 34.2 Å². The van der Waals surface area contributed by atoms with E-state index in [-0.39, 0.29) is 37.8 Å². The van der Waals surface area contributed by atoms with Gasteiger partial charge in [0.1, 0.15) is 25.0 Å². The van der Waals surface area contributed by atoms with Crippen LogP contribution in [0.1, 0.15) is 51.4 Å². The zero-order chi connectivity index (χ0) is 34.6. The van der Waals surface area contributed by atoms with Gasteiger partial charge in [0.25, 0.3) is 0 Å². The number of nitrogens with zero attached hydrogens (tertiary/aromatic N) is 3. The minimum Gasteiger partial charge on any atom is -0.479 e. The van der Waals surface area contributed by atoms with Gasteiger partial charge in [-0.3, -0.25) is 4.79 Å². The summed E-state index contributed by atoms with van der Waals surface area (Å²) >= 11 is 0. The molecule has 1 heterocycles. The predicted octanol–water partition coefficient (Wildman–Crippen LogP) is 5.88. The zero-order valence-electron chi connectivity index (χ0n) is 28.5. The minimum absolute atomic E-state index is 0.0234. The molecule has 50 heavy (non-hydrogen) atoms. The third-order valence-electron chi connectivity index (χ3n) is 9.82. The highest BCUT2D eigenvalue weighted by Gasteiger charge is 2.51. The predicted molar refractivity (Wildman–Crippen MR) is 183 cm³/mol. The van der Waals surface area contributed by atoms with Gasteiger partial charge in [-0.2, -0.15) is 10.2 Å². The summed E-state index contributed by atoms with van der Waals surface area (Å²) in [4.78, 5) is 33.9. The van der Waals surface area contributed by atoms with Crippen molar-refractivity contribution in [3.8, 4) is 29.1 Å². The van der Waals surface area contributed by atoms with E-state index in [1.165, 1.54) is 38.5 Å². The summed E-state index contributed by atoms with van der Waals surface area (Å²) in [6.45, 7) is 2.34. The van der Waals surface area contributed by atoms with Crippen LogP contribution in [0.25, 0.3) is 22.3 Å². The number of carbonyl (C=O) groups is 2. The van der Waals surface area contributed by atoms with E-state index in [0.29, 0.717) is 63.3 Å². The molecule has 4 fully saturated rings. The topological polar surface area (TPSA) is 151 Å². The lowest BCUT2D eigenvalue weighted by molar-refractivity contribution is -0.153. The van der Waals surface area contributed by atoms with Crippen LogP contribution in [0.3, 0.4) is 0 Å². The summed E-state index contributed by atoms with van der Waals surface area (Å²) in [5, 5.41) is 12.2. The SMILES string of the molecule is N#CCOc1ccc(-c2nc(OCCCNC(=O)OCCOCCOCCOC(=O)CC34CC5CC(CC(C5)C3)C4)c3ccccc3n2)cc1. The van der Waals surface area contributed by atoms with E-state index in [1.807, 2.05) is 42.5 Å². The van der Waals surface area contributed by atoms with Crippen LogP contribution in [0.4, 0.5) is 4.79 Å². The number of nitrogens with one attached hydrogen (secondary N) is 1. The van der Waals surface area contributed by atoms with Gasteiger partial charge >= 0.3 is 12.1 Å². The van der Waals surface area contributed by atoms with Crippen LogP contribution in [-0.2, 0) is 23.7 Å². The van der Waals surface area contributed by atoms with Gasteiger partial charge in [-0.15, -0.1) is 0 Å². The number of nitriles is 1. The first-order valence-corrected chi connectivity index (χ1v) is 17.7. The van der Waals surface area contributed by atoms with E-state index >= 15 is 0 Å². The molecule has 1 N–H and O–H groups in total. The van der Waals surface area contributed by atoms with Crippen LogP contribution in [-0.4, -0.2) is 81.4 Å². The summed E-state index contributed by atoms with van der Waals surface area (Å²) in [5.74, 6) is 3.93. The smallest absolute Gasteiger partial charge is 0.407 e. The summed E-state index contributed by atoms with van der Waals surface area (Å²) in [6.07, 6.45) is 8.28. The Balaban J connectivity index is 0.789. The first kappa shape index (κ1) is 35.4. The van der Waals surface area contributed by atoms with Gasteiger partial charge in [-0.05, 0) is 105 Å². The summed E-state index contributed by atoms with van der Waals surface area (Å²) in [7, 11) is 0. The molecule has 4 aliphatic rings. The molecule has 4 aliphatic carbocycles. The summed E-state index contributed by atoms with van der Waals surface area (Å²) < 4.78 is 33.0. The van der Waals surface area contributed by atoms with Crippen molar-refractivity contribution < 1.29 is 38.0 Å². The second kappa shape index (κ2) is 17.5.